The van der Waals surface area contributed by atoms with Gasteiger partial charge in [0.25, 0.3) is 0 Å². The molecule has 0 amide bonds. The predicted molar refractivity (Wildman–Crippen MR) is 44.6 cm³/mol. The largest absolute Gasteiger partial charge is 1.00 e. The Bertz CT molecular complexity index is 116. The third-order valence-electron chi connectivity index (χ3n) is 2.68. The van der Waals surface area contributed by atoms with E-state index in [0.29, 0.717) is 0 Å². The first kappa shape index (κ1) is 20.9. The first-order chi connectivity index (χ1) is 6.24. The first-order valence-corrected chi connectivity index (χ1v) is 5.99. The summed E-state index contributed by atoms with van der Waals surface area (Å²) in [6.45, 7) is 14.2. The molecule has 0 aromatic rings. The van der Waals surface area contributed by atoms with E-state index in [0.717, 1.165) is 0 Å². The summed E-state index contributed by atoms with van der Waals surface area (Å²) in [5.41, 5.74) is 0. The highest BCUT2D eigenvalue weighted by Gasteiger charge is 2.16. The van der Waals surface area contributed by atoms with E-state index in [1.807, 2.05) is 0 Å². The summed E-state index contributed by atoms with van der Waals surface area (Å²) in [4.78, 5) is 0. The molecule has 0 aromatic heterocycles. The monoisotopic (exact) mass is 309 g/mol. The molecule has 0 rings (SSSR count). The van der Waals surface area contributed by atoms with Gasteiger partial charge in [-0.3, -0.25) is 0 Å². The molecule has 0 bridgehead atoms. The van der Waals surface area contributed by atoms with Gasteiger partial charge in [-0.05, 0) is 27.7 Å². The lowest BCUT2D eigenvalue weighted by Gasteiger charge is -2.34. The van der Waals surface area contributed by atoms with Crippen LogP contribution in [0.4, 0.5) is 0 Å². The molecular weight excluding hydrogens is 289 g/mol. The number of nitrogens with zero attached hydrogens (tertiary/aromatic N) is 1. The first-order valence-electron chi connectivity index (χ1n) is 4.73. The van der Waals surface area contributed by atoms with Crippen LogP contribution in [-0.2, 0) is 0 Å². The zero-order valence-corrected chi connectivity index (χ0v) is 12.0. The lowest BCUT2D eigenvalue weighted by Crippen LogP contribution is -3.00. The average Bonchev–Trinajstić information content (AvgIpc) is 2.07. The van der Waals surface area contributed by atoms with Crippen LogP contribution in [-0.4, -0.2) is 35.3 Å². The number of quaternary nitrogens is 1. The maximum absolute atomic E-state index is 8.60. The summed E-state index contributed by atoms with van der Waals surface area (Å²) in [5, 5.41) is 0. The molecule has 0 radical (unpaired) electrons. The van der Waals surface area contributed by atoms with Crippen molar-refractivity contribution >= 4 is 0 Å². The number of rotatable bonds is 4. The number of hydrogen-bond acceptors (Lipinski definition) is 4. The molecule has 96 valence electrons. The highest BCUT2D eigenvalue weighted by atomic mass is 79.9. The molecule has 1 N–H and O–H groups in total. The highest BCUT2D eigenvalue weighted by Crippen LogP contribution is 2.03. The summed E-state index contributed by atoms with van der Waals surface area (Å²) < 4.78 is 34.0. The Balaban J connectivity index is -0.000000208. The van der Waals surface area contributed by atoms with Gasteiger partial charge in [-0.2, -0.15) is 14.0 Å². The van der Waals surface area contributed by atoms with Crippen LogP contribution in [0.1, 0.15) is 27.7 Å². The van der Waals surface area contributed by atoms with Crippen LogP contribution in [0.5, 0.6) is 0 Å². The quantitative estimate of drug-likeness (QED) is 0.526. The van der Waals surface area contributed by atoms with Crippen molar-refractivity contribution in [2.75, 3.05) is 26.2 Å². The topological polar surface area (TPSA) is 89.4 Å². The van der Waals surface area contributed by atoms with Gasteiger partial charge >= 0.3 is 0 Å². The van der Waals surface area contributed by atoms with Crippen LogP contribution >= 0.6 is 0 Å². The fourth-order valence-corrected chi connectivity index (χ4v) is 1.34. The summed E-state index contributed by atoms with van der Waals surface area (Å²) in [7, 11) is -4.69. The van der Waals surface area contributed by atoms with Crippen molar-refractivity contribution in [2.24, 2.45) is 0 Å². The third kappa shape index (κ3) is 14.6. The van der Waals surface area contributed by atoms with E-state index in [1.54, 1.807) is 0 Å². The standard InChI is InChI=1S/C8H20N.BrH.ClHO4/c1-5-9(6-2,7-3)8-4;;2-1(3,4)5/h5-8H2,1-4H3;1H;(H,2,3,4,5)/q+1;;/p-1. The van der Waals surface area contributed by atoms with Crippen molar-refractivity contribution in [3.8, 4) is 0 Å². The summed E-state index contributed by atoms with van der Waals surface area (Å²) in [6, 6.07) is 0. The average molecular weight is 311 g/mol. The Morgan fingerprint density at radius 3 is 1.00 bits per heavy atom. The van der Waals surface area contributed by atoms with Crippen molar-refractivity contribution in [1.82, 2.24) is 0 Å². The smallest absolute Gasteiger partial charge is 0.0777 e. The molecule has 0 aliphatic carbocycles. The van der Waals surface area contributed by atoms with Gasteiger partial charge in [-0.25, -0.2) is 0 Å². The number of hydrogen-bond donors (Lipinski definition) is 1. The molecule has 7 heteroatoms. The van der Waals surface area contributed by atoms with Crippen LogP contribution in [0.3, 0.4) is 0 Å². The summed E-state index contributed by atoms with van der Waals surface area (Å²) in [5.74, 6) is 0. The second-order valence-electron chi connectivity index (χ2n) is 3.00. The van der Waals surface area contributed by atoms with E-state index in [2.05, 4.69) is 27.7 Å². The highest BCUT2D eigenvalue weighted by molar-refractivity contribution is 4.31. The maximum atomic E-state index is 8.60. The minimum absolute atomic E-state index is 0. The Hall–Kier alpha value is 0.570. The van der Waals surface area contributed by atoms with Gasteiger partial charge in [0.15, 0.2) is 0 Å². The fraction of sp³-hybridized carbons (Fsp3) is 1.00. The summed E-state index contributed by atoms with van der Waals surface area (Å²) in [6.07, 6.45) is 0. The van der Waals surface area contributed by atoms with Crippen LogP contribution in [0.2, 0.25) is 0 Å². The zero-order valence-electron chi connectivity index (χ0n) is 9.70. The van der Waals surface area contributed by atoms with Crippen LogP contribution < -0.4 is 31.0 Å². The predicted octanol–water partition coefficient (Wildman–Crippen LogP) is -5.24. The van der Waals surface area contributed by atoms with Gasteiger partial charge in [0.2, 0.25) is 0 Å². The molecule has 0 aliphatic rings. The zero-order chi connectivity index (χ0) is 11.8. The summed E-state index contributed by atoms with van der Waals surface area (Å²) >= 11 is 0. The van der Waals surface area contributed by atoms with Gasteiger partial charge in [-0.15, -0.1) is 0 Å². The van der Waals surface area contributed by atoms with Gasteiger partial charge in [0.1, 0.15) is 0 Å². The Morgan fingerprint density at radius 1 is 0.867 bits per heavy atom. The third-order valence-corrected chi connectivity index (χ3v) is 2.68. The van der Waals surface area contributed by atoms with E-state index < -0.39 is 10.2 Å². The number of halogens is 2. The Morgan fingerprint density at radius 2 is 1.00 bits per heavy atom. The lowest BCUT2D eigenvalue weighted by molar-refractivity contribution is -1.92. The van der Waals surface area contributed by atoms with Gasteiger partial charge in [0, 0.05) is 0 Å². The van der Waals surface area contributed by atoms with Gasteiger partial charge < -0.3 is 21.5 Å². The van der Waals surface area contributed by atoms with E-state index in [1.165, 1.54) is 30.7 Å². The molecule has 0 aromatic carbocycles. The van der Waals surface area contributed by atoms with Gasteiger partial charge in [0.05, 0.1) is 41.1 Å². The molecule has 0 saturated heterocycles. The second-order valence-corrected chi connectivity index (χ2v) is 3.79. The molecule has 0 heterocycles. The molecule has 5 nitrogen and oxygen atoms in total. The van der Waals surface area contributed by atoms with Crippen molar-refractivity contribution < 1.29 is 50.3 Å². The fourth-order valence-electron chi connectivity index (χ4n) is 1.34. The van der Waals surface area contributed by atoms with E-state index in [9.17, 15) is 0 Å². The van der Waals surface area contributed by atoms with Crippen molar-refractivity contribution in [3.05, 3.63) is 0 Å². The lowest BCUT2D eigenvalue weighted by atomic mass is 10.3. The van der Waals surface area contributed by atoms with Crippen LogP contribution in [0.25, 0.3) is 0 Å². The van der Waals surface area contributed by atoms with Crippen LogP contribution in [0, 0.1) is 10.2 Å². The van der Waals surface area contributed by atoms with E-state index >= 15 is 0 Å². The van der Waals surface area contributed by atoms with Crippen LogP contribution in [0.15, 0.2) is 0 Å². The Kier molecular flexibility index (Phi) is 13.6. The molecule has 15 heavy (non-hydrogen) atoms. The Labute approximate surface area is 104 Å². The molecule has 0 aliphatic heterocycles. The molecule has 0 atom stereocenters. The SMILES string of the molecule is CC[N+](CC)(CC)CC.[Br-].[O-][Cl+3]([O-])([O-])O. The molecular formula is C8H21BrClNO4. The molecule has 0 spiro atoms. The van der Waals surface area contributed by atoms with Gasteiger partial charge in [-0.1, -0.05) is 0 Å². The van der Waals surface area contributed by atoms with Crippen molar-refractivity contribution in [1.29, 1.82) is 0 Å². The minimum atomic E-state index is -4.69. The molecule has 0 unspecified atom stereocenters. The minimum Gasteiger partial charge on any atom is -1.00 e. The van der Waals surface area contributed by atoms with E-state index in [-0.39, 0.29) is 17.0 Å². The molecule has 0 saturated carbocycles. The normalized spacial score (nSPS) is 11.2. The van der Waals surface area contributed by atoms with E-state index in [4.69, 9.17) is 18.6 Å². The molecule has 0 fully saturated rings. The van der Waals surface area contributed by atoms with Crippen molar-refractivity contribution in [3.63, 3.8) is 0 Å². The second kappa shape index (κ2) is 9.77. The van der Waals surface area contributed by atoms with Crippen molar-refractivity contribution in [2.45, 2.75) is 27.7 Å². The maximum Gasteiger partial charge on any atom is 0.0777 e.